The molecule has 7 nitrogen and oxygen atoms in total. The number of hydrogen-bond acceptors (Lipinski definition) is 5. The summed E-state index contributed by atoms with van der Waals surface area (Å²) in [6, 6.07) is 12.4. The number of piperidine rings is 1. The second-order valence-corrected chi connectivity index (χ2v) is 10.8. The van der Waals surface area contributed by atoms with Crippen LogP contribution in [-0.4, -0.2) is 49.1 Å². The van der Waals surface area contributed by atoms with Gasteiger partial charge in [-0.05, 0) is 56.5 Å². The smallest absolute Gasteiger partial charge is 0.243 e. The van der Waals surface area contributed by atoms with Crippen LogP contribution < -0.4 is 10.6 Å². The molecule has 1 aliphatic heterocycles. The van der Waals surface area contributed by atoms with E-state index in [-0.39, 0.29) is 28.2 Å². The molecule has 0 unspecified atom stereocenters. The van der Waals surface area contributed by atoms with Gasteiger partial charge >= 0.3 is 0 Å². The van der Waals surface area contributed by atoms with E-state index in [4.69, 9.17) is 0 Å². The lowest BCUT2D eigenvalue weighted by Gasteiger charge is -2.26. The van der Waals surface area contributed by atoms with Gasteiger partial charge in [-0.2, -0.15) is 4.31 Å². The first-order valence-electron chi connectivity index (χ1n) is 10.6. The van der Waals surface area contributed by atoms with Crippen molar-refractivity contribution < 1.29 is 18.0 Å². The maximum absolute atomic E-state index is 13.0. The lowest BCUT2D eigenvalue weighted by molar-refractivity contribution is -0.114. The van der Waals surface area contributed by atoms with E-state index in [1.807, 2.05) is 31.2 Å². The predicted molar refractivity (Wildman–Crippen MR) is 130 cm³/mol. The van der Waals surface area contributed by atoms with Crippen LogP contribution in [0, 0.1) is 13.8 Å². The van der Waals surface area contributed by atoms with Crippen LogP contribution >= 0.6 is 11.8 Å². The minimum Gasteiger partial charge on any atom is -0.325 e. The summed E-state index contributed by atoms with van der Waals surface area (Å²) >= 11 is 1.20. The first-order valence-corrected chi connectivity index (χ1v) is 13.2. The first-order chi connectivity index (χ1) is 15.3. The number of benzene rings is 2. The van der Waals surface area contributed by atoms with Crippen LogP contribution in [0.5, 0.6) is 0 Å². The van der Waals surface area contributed by atoms with E-state index in [2.05, 4.69) is 10.6 Å². The van der Waals surface area contributed by atoms with Crippen molar-refractivity contribution in [2.45, 2.75) is 38.0 Å². The molecule has 1 fully saturated rings. The van der Waals surface area contributed by atoms with Gasteiger partial charge in [0.05, 0.1) is 16.4 Å². The Hall–Kier alpha value is -2.36. The van der Waals surface area contributed by atoms with E-state index in [9.17, 15) is 18.0 Å². The van der Waals surface area contributed by atoms with Crippen LogP contribution in [0.25, 0.3) is 0 Å². The fourth-order valence-corrected chi connectivity index (χ4v) is 5.85. The fourth-order valence-electron chi connectivity index (χ4n) is 3.47. The average Bonchev–Trinajstić information content (AvgIpc) is 2.77. The number of sulfonamides is 1. The third-order valence-corrected chi connectivity index (χ3v) is 8.18. The van der Waals surface area contributed by atoms with Crippen molar-refractivity contribution in [3.63, 3.8) is 0 Å². The second kappa shape index (κ2) is 11.0. The van der Waals surface area contributed by atoms with Crippen LogP contribution in [0.1, 0.15) is 30.4 Å². The maximum atomic E-state index is 13.0. The summed E-state index contributed by atoms with van der Waals surface area (Å²) in [5.41, 5.74) is 2.90. The van der Waals surface area contributed by atoms with Crippen LogP contribution in [0.15, 0.2) is 47.4 Å². The summed E-state index contributed by atoms with van der Waals surface area (Å²) in [5, 5.41) is 5.53. The highest BCUT2D eigenvalue weighted by atomic mass is 32.2. The molecule has 0 aliphatic carbocycles. The number of aryl methyl sites for hydroxylation is 2. The first kappa shape index (κ1) is 24.3. The quantitative estimate of drug-likeness (QED) is 0.606. The lowest BCUT2D eigenvalue weighted by atomic mass is 10.2. The summed E-state index contributed by atoms with van der Waals surface area (Å²) < 4.78 is 27.6. The zero-order valence-electron chi connectivity index (χ0n) is 18.4. The molecule has 0 aromatic heterocycles. The molecule has 2 N–H and O–H groups in total. The number of nitrogens with one attached hydrogen (secondary N) is 2. The molecule has 2 amide bonds. The number of anilines is 2. The zero-order chi connectivity index (χ0) is 23.1. The zero-order valence-corrected chi connectivity index (χ0v) is 20.0. The maximum Gasteiger partial charge on any atom is 0.243 e. The standard InChI is InChI=1S/C23H29N3O4S2/c1-17-6-9-19(10-7-17)24-22(27)15-31-16-23(28)25-20-11-8-18(2)21(14-20)32(29,30)26-12-4-3-5-13-26/h6-11,14H,3-5,12-13,15-16H2,1-2H3,(H,24,27)(H,25,28). The van der Waals surface area contributed by atoms with Gasteiger partial charge in [-0.3, -0.25) is 9.59 Å². The Morgan fingerprint density at radius 2 is 1.44 bits per heavy atom. The topological polar surface area (TPSA) is 95.6 Å². The van der Waals surface area contributed by atoms with Gasteiger partial charge in [0, 0.05) is 24.5 Å². The van der Waals surface area contributed by atoms with Crippen molar-refractivity contribution in [1.29, 1.82) is 0 Å². The summed E-state index contributed by atoms with van der Waals surface area (Å²) in [4.78, 5) is 24.6. The number of thioether (sulfide) groups is 1. The number of nitrogens with zero attached hydrogens (tertiary/aromatic N) is 1. The molecule has 0 spiro atoms. The summed E-state index contributed by atoms with van der Waals surface area (Å²) in [6.45, 7) is 4.78. The highest BCUT2D eigenvalue weighted by Gasteiger charge is 2.27. The predicted octanol–water partition coefficient (Wildman–Crippen LogP) is 3.79. The SMILES string of the molecule is Cc1ccc(NC(=O)CSCC(=O)Nc2ccc(C)c(S(=O)(=O)N3CCCCC3)c2)cc1. The van der Waals surface area contributed by atoms with Gasteiger partial charge in [0.2, 0.25) is 21.8 Å². The third-order valence-electron chi connectivity index (χ3n) is 5.21. The molecular formula is C23H29N3O4S2. The Bertz CT molecular complexity index is 1060. The summed E-state index contributed by atoms with van der Waals surface area (Å²) in [6.07, 6.45) is 2.77. The van der Waals surface area contributed by atoms with Crippen LogP contribution in [0.4, 0.5) is 11.4 Å². The van der Waals surface area contributed by atoms with E-state index >= 15 is 0 Å². The number of carbonyl (C=O) groups is 2. The van der Waals surface area contributed by atoms with Crippen LogP contribution in [0.2, 0.25) is 0 Å². The van der Waals surface area contributed by atoms with Gasteiger partial charge in [0.1, 0.15) is 0 Å². The monoisotopic (exact) mass is 475 g/mol. The molecule has 1 heterocycles. The van der Waals surface area contributed by atoms with Crippen LogP contribution in [-0.2, 0) is 19.6 Å². The number of hydrogen-bond donors (Lipinski definition) is 2. The van der Waals surface area contributed by atoms with Gasteiger partial charge in [-0.15, -0.1) is 11.8 Å². The summed E-state index contributed by atoms with van der Waals surface area (Å²) in [5.74, 6) is -0.243. The van der Waals surface area contributed by atoms with Crippen molar-refractivity contribution in [2.75, 3.05) is 35.2 Å². The molecule has 3 rings (SSSR count). The van der Waals surface area contributed by atoms with Gasteiger partial charge in [0.25, 0.3) is 0 Å². The molecule has 2 aromatic carbocycles. The van der Waals surface area contributed by atoms with E-state index in [1.165, 1.54) is 22.1 Å². The minimum absolute atomic E-state index is 0.0867. The normalized spacial score (nSPS) is 14.7. The van der Waals surface area contributed by atoms with Gasteiger partial charge < -0.3 is 10.6 Å². The third kappa shape index (κ3) is 6.57. The van der Waals surface area contributed by atoms with Crippen molar-refractivity contribution >= 4 is 45.0 Å². The number of amides is 2. The molecule has 172 valence electrons. The fraction of sp³-hybridized carbons (Fsp3) is 0.391. The molecule has 1 aliphatic rings. The average molecular weight is 476 g/mol. The van der Waals surface area contributed by atoms with E-state index in [0.29, 0.717) is 30.0 Å². The molecular weight excluding hydrogens is 446 g/mol. The largest absolute Gasteiger partial charge is 0.325 e. The Morgan fingerprint density at radius 1 is 0.875 bits per heavy atom. The Labute approximate surface area is 194 Å². The Balaban J connectivity index is 1.53. The highest BCUT2D eigenvalue weighted by Crippen LogP contribution is 2.26. The molecule has 1 saturated heterocycles. The van der Waals surface area contributed by atoms with Crippen molar-refractivity contribution in [3.8, 4) is 0 Å². The van der Waals surface area contributed by atoms with Gasteiger partial charge in [-0.1, -0.05) is 30.2 Å². The minimum atomic E-state index is -3.59. The molecule has 32 heavy (non-hydrogen) atoms. The molecule has 0 atom stereocenters. The van der Waals surface area contributed by atoms with E-state index in [1.54, 1.807) is 19.1 Å². The molecule has 0 radical (unpaired) electrons. The Morgan fingerprint density at radius 3 is 2.06 bits per heavy atom. The van der Waals surface area contributed by atoms with Crippen LogP contribution in [0.3, 0.4) is 0 Å². The number of carbonyl (C=O) groups excluding carboxylic acids is 2. The highest BCUT2D eigenvalue weighted by molar-refractivity contribution is 8.00. The second-order valence-electron chi connectivity index (χ2n) is 7.90. The van der Waals surface area contributed by atoms with Crippen molar-refractivity contribution in [2.24, 2.45) is 0 Å². The van der Waals surface area contributed by atoms with Gasteiger partial charge in [0.15, 0.2) is 0 Å². The lowest BCUT2D eigenvalue weighted by Crippen LogP contribution is -2.36. The van der Waals surface area contributed by atoms with Crippen molar-refractivity contribution in [1.82, 2.24) is 4.31 Å². The Kier molecular flexibility index (Phi) is 8.33. The van der Waals surface area contributed by atoms with Gasteiger partial charge in [-0.25, -0.2) is 8.42 Å². The molecule has 0 bridgehead atoms. The van der Waals surface area contributed by atoms with E-state index < -0.39 is 10.0 Å². The summed E-state index contributed by atoms with van der Waals surface area (Å²) in [7, 11) is -3.59. The molecule has 9 heteroatoms. The van der Waals surface area contributed by atoms with E-state index in [0.717, 1.165) is 24.8 Å². The molecule has 2 aromatic rings. The molecule has 0 saturated carbocycles. The van der Waals surface area contributed by atoms with Crippen molar-refractivity contribution in [3.05, 3.63) is 53.6 Å². The number of rotatable bonds is 8.